The Kier molecular flexibility index (Phi) is 5.56. The van der Waals surface area contributed by atoms with Crippen molar-refractivity contribution in [2.24, 2.45) is 0 Å². The van der Waals surface area contributed by atoms with Crippen LogP contribution < -0.4 is 5.32 Å². The van der Waals surface area contributed by atoms with Gasteiger partial charge < -0.3 is 5.32 Å². The Morgan fingerprint density at radius 2 is 2.31 bits per heavy atom. The molecule has 0 radical (unpaired) electrons. The van der Waals surface area contributed by atoms with E-state index < -0.39 is 0 Å². The second kappa shape index (κ2) is 6.71. The fourth-order valence-corrected chi connectivity index (χ4v) is 1.64. The van der Waals surface area contributed by atoms with Crippen molar-refractivity contribution in [1.82, 2.24) is 15.1 Å². The van der Waals surface area contributed by atoms with Crippen molar-refractivity contribution >= 4 is 17.7 Å². The molecule has 4 heteroatoms. The summed E-state index contributed by atoms with van der Waals surface area (Å²) in [5.74, 6) is 0. The molecule has 0 atom stereocenters. The van der Waals surface area contributed by atoms with Gasteiger partial charge in [0.05, 0.1) is 16.9 Å². The minimum atomic E-state index is 0.540. The Balaban J connectivity index is 2.46. The molecule has 1 aromatic rings. The summed E-state index contributed by atoms with van der Waals surface area (Å²) < 4.78 is 1.90. The molecule has 0 saturated heterocycles. The Morgan fingerprint density at radius 3 is 2.94 bits per heavy atom. The van der Waals surface area contributed by atoms with Gasteiger partial charge in [-0.2, -0.15) is 5.10 Å². The summed E-state index contributed by atoms with van der Waals surface area (Å²) in [5, 5.41) is 8.26. The van der Waals surface area contributed by atoms with Gasteiger partial charge in [-0.3, -0.25) is 4.68 Å². The maximum atomic E-state index is 6.04. The van der Waals surface area contributed by atoms with Gasteiger partial charge in [-0.25, -0.2) is 0 Å². The molecule has 3 nitrogen and oxygen atoms in total. The van der Waals surface area contributed by atoms with Crippen LogP contribution in [0.4, 0.5) is 0 Å². The molecule has 0 saturated carbocycles. The lowest BCUT2D eigenvalue weighted by Gasteiger charge is -2.05. The molecule has 0 unspecified atom stereocenters. The number of hydrogen-bond donors (Lipinski definition) is 1. The van der Waals surface area contributed by atoms with Crippen molar-refractivity contribution < 1.29 is 0 Å². The summed E-state index contributed by atoms with van der Waals surface area (Å²) in [6.07, 6.45) is 6.87. The van der Waals surface area contributed by atoms with Gasteiger partial charge >= 0.3 is 0 Å². The lowest BCUT2D eigenvalue weighted by Crippen LogP contribution is -2.23. The van der Waals surface area contributed by atoms with Crippen molar-refractivity contribution in [3.05, 3.63) is 23.0 Å². The van der Waals surface area contributed by atoms with Crippen LogP contribution in [-0.2, 0) is 6.54 Å². The van der Waals surface area contributed by atoms with E-state index >= 15 is 0 Å². The number of nitrogens with zero attached hydrogens (tertiary/aromatic N) is 2. The summed E-state index contributed by atoms with van der Waals surface area (Å²) in [7, 11) is 0. The Labute approximate surface area is 102 Å². The monoisotopic (exact) mass is 241 g/mol. The van der Waals surface area contributed by atoms with Gasteiger partial charge in [0.25, 0.3) is 0 Å². The van der Waals surface area contributed by atoms with Crippen LogP contribution in [0.3, 0.4) is 0 Å². The van der Waals surface area contributed by atoms with Crippen molar-refractivity contribution in [1.29, 1.82) is 0 Å². The predicted octanol–water partition coefficient (Wildman–Crippen LogP) is 2.96. The topological polar surface area (TPSA) is 29.9 Å². The van der Waals surface area contributed by atoms with E-state index in [1.165, 1.54) is 0 Å². The lowest BCUT2D eigenvalue weighted by molar-refractivity contribution is 0.595. The molecule has 0 fully saturated rings. The molecule has 0 aliphatic heterocycles. The van der Waals surface area contributed by atoms with Gasteiger partial charge in [0.15, 0.2) is 0 Å². The SMILES string of the molecule is CCn1ncc(Cl)c1/C=C/CCNC(C)C. The average molecular weight is 242 g/mol. The molecule has 0 aromatic carbocycles. The zero-order valence-corrected chi connectivity index (χ0v) is 11.0. The van der Waals surface area contributed by atoms with Crippen molar-refractivity contribution in [3.8, 4) is 0 Å². The van der Waals surface area contributed by atoms with Crippen molar-refractivity contribution in [2.75, 3.05) is 6.54 Å². The van der Waals surface area contributed by atoms with Gasteiger partial charge in [-0.15, -0.1) is 0 Å². The van der Waals surface area contributed by atoms with Crippen LogP contribution >= 0.6 is 11.6 Å². The van der Waals surface area contributed by atoms with Crippen LogP contribution in [0.1, 0.15) is 32.9 Å². The van der Waals surface area contributed by atoms with Crippen LogP contribution in [0.15, 0.2) is 12.3 Å². The van der Waals surface area contributed by atoms with E-state index in [9.17, 15) is 0 Å². The van der Waals surface area contributed by atoms with E-state index in [1.54, 1.807) is 6.20 Å². The Morgan fingerprint density at radius 1 is 1.56 bits per heavy atom. The summed E-state index contributed by atoms with van der Waals surface area (Å²) in [5.41, 5.74) is 0.994. The number of rotatable bonds is 6. The van der Waals surface area contributed by atoms with Crippen molar-refractivity contribution in [2.45, 2.75) is 39.8 Å². The first-order chi connectivity index (χ1) is 7.65. The number of aromatic nitrogens is 2. The summed E-state index contributed by atoms with van der Waals surface area (Å²) >= 11 is 6.04. The first-order valence-corrected chi connectivity index (χ1v) is 6.14. The molecule has 0 aliphatic rings. The molecule has 0 bridgehead atoms. The van der Waals surface area contributed by atoms with Gasteiger partial charge in [-0.05, 0) is 26.0 Å². The van der Waals surface area contributed by atoms with Gasteiger partial charge in [-0.1, -0.05) is 31.5 Å². The highest BCUT2D eigenvalue weighted by Gasteiger charge is 2.03. The smallest absolute Gasteiger partial charge is 0.0859 e. The quantitative estimate of drug-likeness (QED) is 0.777. The number of nitrogens with one attached hydrogen (secondary N) is 1. The normalized spacial score (nSPS) is 11.8. The van der Waals surface area contributed by atoms with Crippen LogP contribution in [0.25, 0.3) is 6.08 Å². The fourth-order valence-electron chi connectivity index (χ4n) is 1.44. The summed E-state index contributed by atoms with van der Waals surface area (Å²) in [6.45, 7) is 8.18. The molecule has 0 aliphatic carbocycles. The highest BCUT2D eigenvalue weighted by atomic mass is 35.5. The zero-order chi connectivity index (χ0) is 12.0. The first kappa shape index (κ1) is 13.3. The number of hydrogen-bond acceptors (Lipinski definition) is 2. The highest BCUT2D eigenvalue weighted by Crippen LogP contribution is 2.16. The van der Waals surface area contributed by atoms with Crippen LogP contribution in [0.2, 0.25) is 5.02 Å². The van der Waals surface area contributed by atoms with Crippen LogP contribution in [0, 0.1) is 0 Å². The lowest BCUT2D eigenvalue weighted by atomic mass is 10.3. The van der Waals surface area contributed by atoms with E-state index in [0.717, 1.165) is 30.2 Å². The molecule has 1 heterocycles. The molecule has 1 rings (SSSR count). The molecule has 90 valence electrons. The maximum Gasteiger partial charge on any atom is 0.0859 e. The molecule has 1 N–H and O–H groups in total. The standard InChI is InChI=1S/C12H20ClN3/c1-4-16-12(11(13)9-15-16)7-5-6-8-14-10(2)3/h5,7,9-10,14H,4,6,8H2,1-3H3/b7-5+. The fraction of sp³-hybridized carbons (Fsp3) is 0.583. The molecule has 16 heavy (non-hydrogen) atoms. The van der Waals surface area contributed by atoms with E-state index in [1.807, 2.05) is 10.8 Å². The minimum absolute atomic E-state index is 0.540. The molecular weight excluding hydrogens is 222 g/mol. The van der Waals surface area contributed by atoms with E-state index in [4.69, 9.17) is 11.6 Å². The third-order valence-corrected chi connectivity index (χ3v) is 2.56. The third kappa shape index (κ3) is 3.99. The van der Waals surface area contributed by atoms with Crippen LogP contribution in [0.5, 0.6) is 0 Å². The largest absolute Gasteiger partial charge is 0.314 e. The Hall–Kier alpha value is -0.800. The molecule has 0 spiro atoms. The number of halogens is 1. The first-order valence-electron chi connectivity index (χ1n) is 5.76. The molecule has 1 aromatic heterocycles. The maximum absolute atomic E-state index is 6.04. The predicted molar refractivity (Wildman–Crippen MR) is 69.7 cm³/mol. The summed E-state index contributed by atoms with van der Waals surface area (Å²) in [4.78, 5) is 0. The second-order valence-corrected chi connectivity index (χ2v) is 4.40. The minimum Gasteiger partial charge on any atom is -0.314 e. The number of aryl methyl sites for hydroxylation is 1. The van der Waals surface area contributed by atoms with Crippen molar-refractivity contribution in [3.63, 3.8) is 0 Å². The highest BCUT2D eigenvalue weighted by molar-refractivity contribution is 6.31. The Bertz CT molecular complexity index is 342. The molecule has 0 amide bonds. The molecular formula is C12H20ClN3. The van der Waals surface area contributed by atoms with Gasteiger partial charge in [0.1, 0.15) is 0 Å². The van der Waals surface area contributed by atoms with E-state index in [2.05, 4.69) is 37.3 Å². The summed E-state index contributed by atoms with van der Waals surface area (Å²) in [6, 6.07) is 0.540. The van der Waals surface area contributed by atoms with E-state index in [-0.39, 0.29) is 0 Å². The second-order valence-electron chi connectivity index (χ2n) is 3.99. The average Bonchev–Trinajstić information content (AvgIpc) is 2.59. The zero-order valence-electron chi connectivity index (χ0n) is 10.2. The van der Waals surface area contributed by atoms with E-state index in [0.29, 0.717) is 6.04 Å². The van der Waals surface area contributed by atoms with Crippen LogP contribution in [-0.4, -0.2) is 22.4 Å². The van der Waals surface area contributed by atoms with Gasteiger partial charge in [0, 0.05) is 12.6 Å². The third-order valence-electron chi connectivity index (χ3n) is 2.27. The van der Waals surface area contributed by atoms with Gasteiger partial charge in [0.2, 0.25) is 0 Å².